The second-order valence-electron chi connectivity index (χ2n) is 5.63. The topological polar surface area (TPSA) is 12.9 Å². The molecule has 2 heteroatoms. The van der Waals surface area contributed by atoms with Crippen LogP contribution in [0.2, 0.25) is 0 Å². The van der Waals surface area contributed by atoms with Crippen LogP contribution in [0.15, 0.2) is 34.8 Å². The maximum absolute atomic E-state index is 4.90. The van der Waals surface area contributed by atoms with E-state index in [1.165, 1.54) is 47.7 Å². The van der Waals surface area contributed by atoms with Crippen LogP contribution < -0.4 is 0 Å². The SMILES string of the molecule is CC1(c2cc(Br)c3ccccc3n2)CCCCC1. The largest absolute Gasteiger partial charge is 0.252 e. The third kappa shape index (κ3) is 2.07. The van der Waals surface area contributed by atoms with Gasteiger partial charge in [-0.25, -0.2) is 0 Å². The zero-order valence-corrected chi connectivity index (χ0v) is 12.3. The lowest BCUT2D eigenvalue weighted by Gasteiger charge is -2.33. The van der Waals surface area contributed by atoms with Gasteiger partial charge >= 0.3 is 0 Å². The van der Waals surface area contributed by atoms with Gasteiger partial charge in [-0.05, 0) is 25.0 Å². The number of para-hydroxylation sites is 1. The summed E-state index contributed by atoms with van der Waals surface area (Å²) in [7, 11) is 0. The van der Waals surface area contributed by atoms with Crippen molar-refractivity contribution in [2.45, 2.75) is 44.4 Å². The number of nitrogens with zero attached hydrogens (tertiary/aromatic N) is 1. The number of pyridine rings is 1. The van der Waals surface area contributed by atoms with Gasteiger partial charge in [0.2, 0.25) is 0 Å². The standard InChI is InChI=1S/C16H18BrN/c1-16(9-5-2-6-10-16)15-11-13(17)12-7-3-4-8-14(12)18-15/h3-4,7-8,11H,2,5-6,9-10H2,1H3. The molecule has 1 aromatic heterocycles. The Morgan fingerprint density at radius 3 is 2.61 bits per heavy atom. The summed E-state index contributed by atoms with van der Waals surface area (Å²) in [4.78, 5) is 4.90. The Morgan fingerprint density at radius 1 is 1.11 bits per heavy atom. The third-order valence-corrected chi connectivity index (χ3v) is 4.90. The Hall–Kier alpha value is -0.890. The fourth-order valence-corrected chi connectivity index (χ4v) is 3.58. The van der Waals surface area contributed by atoms with Gasteiger partial charge in [0, 0.05) is 21.0 Å². The maximum Gasteiger partial charge on any atom is 0.0716 e. The van der Waals surface area contributed by atoms with Gasteiger partial charge in [-0.1, -0.05) is 60.3 Å². The summed E-state index contributed by atoms with van der Waals surface area (Å²) in [6.45, 7) is 2.37. The first-order valence-corrected chi connectivity index (χ1v) is 7.54. The summed E-state index contributed by atoms with van der Waals surface area (Å²) in [5.74, 6) is 0. The minimum absolute atomic E-state index is 0.269. The highest BCUT2D eigenvalue weighted by atomic mass is 79.9. The van der Waals surface area contributed by atoms with E-state index in [1.54, 1.807) is 0 Å². The Bertz CT molecular complexity index is 570. The Balaban J connectivity index is 2.12. The van der Waals surface area contributed by atoms with Crippen molar-refractivity contribution in [2.24, 2.45) is 0 Å². The molecule has 0 spiro atoms. The van der Waals surface area contributed by atoms with Crippen LogP contribution in [-0.2, 0) is 5.41 Å². The van der Waals surface area contributed by atoms with Crippen molar-refractivity contribution < 1.29 is 0 Å². The average Bonchev–Trinajstić information content (AvgIpc) is 2.39. The normalized spacial score (nSPS) is 19.0. The molecule has 1 saturated carbocycles. The van der Waals surface area contributed by atoms with Crippen LogP contribution in [-0.4, -0.2) is 4.98 Å². The molecule has 94 valence electrons. The molecule has 0 aliphatic heterocycles. The predicted octanol–water partition coefficient (Wildman–Crippen LogP) is 5.22. The number of hydrogen-bond acceptors (Lipinski definition) is 1. The molecule has 18 heavy (non-hydrogen) atoms. The molecule has 1 aromatic carbocycles. The summed E-state index contributed by atoms with van der Waals surface area (Å²) >= 11 is 3.70. The van der Waals surface area contributed by atoms with Crippen LogP contribution in [0.1, 0.15) is 44.7 Å². The fourth-order valence-electron chi connectivity index (χ4n) is 3.03. The van der Waals surface area contributed by atoms with Crippen molar-refractivity contribution in [1.29, 1.82) is 0 Å². The van der Waals surface area contributed by atoms with Crippen LogP contribution in [0.4, 0.5) is 0 Å². The highest BCUT2D eigenvalue weighted by Gasteiger charge is 2.30. The van der Waals surface area contributed by atoms with Gasteiger partial charge < -0.3 is 0 Å². The fraction of sp³-hybridized carbons (Fsp3) is 0.438. The minimum Gasteiger partial charge on any atom is -0.252 e. The molecule has 0 saturated heterocycles. The Labute approximate surface area is 117 Å². The van der Waals surface area contributed by atoms with E-state index < -0.39 is 0 Å². The van der Waals surface area contributed by atoms with E-state index >= 15 is 0 Å². The smallest absolute Gasteiger partial charge is 0.0716 e. The number of benzene rings is 1. The van der Waals surface area contributed by atoms with Crippen molar-refractivity contribution in [3.05, 3.63) is 40.5 Å². The van der Waals surface area contributed by atoms with Crippen LogP contribution in [0.3, 0.4) is 0 Å². The maximum atomic E-state index is 4.90. The van der Waals surface area contributed by atoms with Crippen LogP contribution >= 0.6 is 15.9 Å². The molecular formula is C16H18BrN. The zero-order chi connectivity index (χ0) is 12.6. The van der Waals surface area contributed by atoms with Gasteiger partial charge in [-0.2, -0.15) is 0 Å². The summed E-state index contributed by atoms with van der Waals surface area (Å²) < 4.78 is 1.18. The van der Waals surface area contributed by atoms with Crippen molar-refractivity contribution in [1.82, 2.24) is 4.98 Å². The Kier molecular flexibility index (Phi) is 3.14. The van der Waals surface area contributed by atoms with Crippen molar-refractivity contribution in [3.8, 4) is 0 Å². The number of fused-ring (bicyclic) bond motifs is 1. The first-order valence-electron chi connectivity index (χ1n) is 6.75. The monoisotopic (exact) mass is 303 g/mol. The van der Waals surface area contributed by atoms with Gasteiger partial charge in [0.25, 0.3) is 0 Å². The molecular weight excluding hydrogens is 286 g/mol. The highest BCUT2D eigenvalue weighted by Crippen LogP contribution is 2.39. The molecule has 1 heterocycles. The van der Waals surface area contributed by atoms with E-state index in [-0.39, 0.29) is 5.41 Å². The molecule has 1 aliphatic rings. The molecule has 0 radical (unpaired) electrons. The third-order valence-electron chi connectivity index (χ3n) is 4.24. The molecule has 0 N–H and O–H groups in total. The highest BCUT2D eigenvalue weighted by molar-refractivity contribution is 9.10. The first-order chi connectivity index (χ1) is 8.69. The molecule has 0 atom stereocenters. The van der Waals surface area contributed by atoms with E-state index in [2.05, 4.69) is 53.2 Å². The van der Waals surface area contributed by atoms with E-state index in [0.29, 0.717) is 0 Å². The molecule has 1 fully saturated rings. The summed E-state index contributed by atoms with van der Waals surface area (Å²) in [6, 6.07) is 10.6. The molecule has 0 amide bonds. The molecule has 0 bridgehead atoms. The second kappa shape index (κ2) is 4.65. The van der Waals surface area contributed by atoms with Gasteiger partial charge in [0.1, 0.15) is 0 Å². The lowest BCUT2D eigenvalue weighted by Crippen LogP contribution is -2.26. The number of aromatic nitrogens is 1. The second-order valence-corrected chi connectivity index (χ2v) is 6.48. The summed E-state index contributed by atoms with van der Waals surface area (Å²) in [6.07, 6.45) is 6.59. The minimum atomic E-state index is 0.269. The van der Waals surface area contributed by atoms with Crippen molar-refractivity contribution >= 4 is 26.8 Å². The van der Waals surface area contributed by atoms with Crippen LogP contribution in [0, 0.1) is 0 Å². The van der Waals surface area contributed by atoms with Gasteiger partial charge in [-0.15, -0.1) is 0 Å². The lowest BCUT2D eigenvalue weighted by atomic mass is 9.73. The van der Waals surface area contributed by atoms with E-state index in [9.17, 15) is 0 Å². The molecule has 3 rings (SSSR count). The van der Waals surface area contributed by atoms with E-state index in [0.717, 1.165) is 5.52 Å². The number of rotatable bonds is 1. The molecule has 1 aliphatic carbocycles. The molecule has 0 unspecified atom stereocenters. The van der Waals surface area contributed by atoms with Crippen LogP contribution in [0.5, 0.6) is 0 Å². The van der Waals surface area contributed by atoms with Crippen molar-refractivity contribution in [2.75, 3.05) is 0 Å². The van der Waals surface area contributed by atoms with E-state index in [1.807, 2.05) is 0 Å². The number of halogens is 1. The number of hydrogen-bond donors (Lipinski definition) is 0. The average molecular weight is 304 g/mol. The Morgan fingerprint density at radius 2 is 1.83 bits per heavy atom. The molecule has 1 nitrogen and oxygen atoms in total. The summed E-state index contributed by atoms with van der Waals surface area (Å²) in [5, 5.41) is 1.21. The predicted molar refractivity (Wildman–Crippen MR) is 79.9 cm³/mol. The lowest BCUT2D eigenvalue weighted by molar-refractivity contribution is 0.313. The zero-order valence-electron chi connectivity index (χ0n) is 10.7. The van der Waals surface area contributed by atoms with Crippen molar-refractivity contribution in [3.63, 3.8) is 0 Å². The summed E-state index contributed by atoms with van der Waals surface area (Å²) in [5.41, 5.74) is 2.63. The van der Waals surface area contributed by atoms with Crippen LogP contribution in [0.25, 0.3) is 10.9 Å². The first kappa shape index (κ1) is 12.2. The van der Waals surface area contributed by atoms with Gasteiger partial charge in [0.05, 0.1) is 5.52 Å². The van der Waals surface area contributed by atoms with Gasteiger partial charge in [-0.3, -0.25) is 4.98 Å². The van der Waals surface area contributed by atoms with E-state index in [4.69, 9.17) is 4.98 Å². The molecule has 2 aromatic rings. The quantitative estimate of drug-likeness (QED) is 0.704. The van der Waals surface area contributed by atoms with Gasteiger partial charge in [0.15, 0.2) is 0 Å².